The summed E-state index contributed by atoms with van der Waals surface area (Å²) >= 11 is 2.35. The van der Waals surface area contributed by atoms with E-state index in [1.165, 1.54) is 11.1 Å². The van der Waals surface area contributed by atoms with E-state index in [0.717, 1.165) is 46.7 Å². The Morgan fingerprint density at radius 3 is 2.57 bits per heavy atom. The zero-order chi connectivity index (χ0) is 15.2. The number of hydrogen-bond acceptors (Lipinski definition) is 3. The minimum atomic E-state index is 0.790. The molecule has 0 aliphatic carbocycles. The first kappa shape index (κ1) is 16.2. The molecular formula is C17H22IN3. The van der Waals surface area contributed by atoms with Crippen LogP contribution in [-0.2, 0) is 12.8 Å². The summed E-state index contributed by atoms with van der Waals surface area (Å²) in [5, 5.41) is 3.36. The van der Waals surface area contributed by atoms with E-state index >= 15 is 0 Å². The van der Waals surface area contributed by atoms with E-state index in [2.05, 4.69) is 72.9 Å². The first-order valence-corrected chi connectivity index (χ1v) is 8.57. The van der Waals surface area contributed by atoms with Crippen LogP contribution in [0, 0.1) is 10.5 Å². The van der Waals surface area contributed by atoms with Crippen LogP contribution in [-0.4, -0.2) is 16.5 Å². The van der Waals surface area contributed by atoms with Gasteiger partial charge in [0.05, 0.1) is 9.26 Å². The molecule has 1 heterocycles. The second-order valence-electron chi connectivity index (χ2n) is 5.13. The first-order valence-electron chi connectivity index (χ1n) is 7.49. The average molecular weight is 395 g/mol. The molecule has 0 aliphatic rings. The fourth-order valence-corrected chi connectivity index (χ4v) is 2.99. The van der Waals surface area contributed by atoms with Crippen molar-refractivity contribution in [1.82, 2.24) is 9.97 Å². The number of aryl methyl sites for hydroxylation is 2. The van der Waals surface area contributed by atoms with Crippen molar-refractivity contribution in [2.45, 2.75) is 40.0 Å². The molecule has 112 valence electrons. The summed E-state index contributed by atoms with van der Waals surface area (Å²) in [6.45, 7) is 7.30. The number of benzene rings is 1. The second kappa shape index (κ2) is 7.73. The third kappa shape index (κ3) is 4.15. The molecule has 0 amide bonds. The highest BCUT2D eigenvalue weighted by Crippen LogP contribution is 2.22. The Labute approximate surface area is 140 Å². The van der Waals surface area contributed by atoms with Crippen molar-refractivity contribution in [3.63, 3.8) is 0 Å². The molecule has 0 spiro atoms. The summed E-state index contributed by atoms with van der Waals surface area (Å²) in [5.41, 5.74) is 3.75. The van der Waals surface area contributed by atoms with Gasteiger partial charge in [0.1, 0.15) is 11.6 Å². The normalized spacial score (nSPS) is 10.7. The van der Waals surface area contributed by atoms with Crippen LogP contribution < -0.4 is 5.32 Å². The van der Waals surface area contributed by atoms with Crippen LogP contribution in [0.15, 0.2) is 24.3 Å². The van der Waals surface area contributed by atoms with Gasteiger partial charge in [-0.05, 0) is 54.0 Å². The molecule has 0 bridgehead atoms. The number of aromatic nitrogens is 2. The summed E-state index contributed by atoms with van der Waals surface area (Å²) in [4.78, 5) is 9.49. The van der Waals surface area contributed by atoms with Gasteiger partial charge in [0, 0.05) is 13.0 Å². The van der Waals surface area contributed by atoms with Crippen LogP contribution in [0.4, 0.5) is 5.82 Å². The Balaban J connectivity index is 2.36. The Morgan fingerprint density at radius 2 is 1.90 bits per heavy atom. The highest BCUT2D eigenvalue weighted by Gasteiger charge is 2.12. The van der Waals surface area contributed by atoms with E-state index in [0.29, 0.717) is 0 Å². The lowest BCUT2D eigenvalue weighted by atomic mass is 10.1. The van der Waals surface area contributed by atoms with Crippen LogP contribution in [0.5, 0.6) is 0 Å². The molecule has 0 saturated carbocycles. The van der Waals surface area contributed by atoms with Crippen molar-refractivity contribution in [3.05, 3.63) is 50.5 Å². The van der Waals surface area contributed by atoms with E-state index in [9.17, 15) is 0 Å². The molecule has 2 rings (SSSR count). The van der Waals surface area contributed by atoms with Crippen LogP contribution in [0.25, 0.3) is 0 Å². The van der Waals surface area contributed by atoms with Crippen molar-refractivity contribution in [3.8, 4) is 0 Å². The maximum Gasteiger partial charge on any atom is 0.143 e. The number of nitrogens with zero attached hydrogens (tertiary/aromatic N) is 2. The molecule has 1 aromatic heterocycles. The number of halogens is 1. The van der Waals surface area contributed by atoms with Crippen molar-refractivity contribution in [2.75, 3.05) is 11.9 Å². The second-order valence-corrected chi connectivity index (χ2v) is 6.21. The van der Waals surface area contributed by atoms with Gasteiger partial charge in [-0.3, -0.25) is 0 Å². The lowest BCUT2D eigenvalue weighted by Gasteiger charge is -2.12. The Bertz CT molecular complexity index is 584. The van der Waals surface area contributed by atoms with Crippen molar-refractivity contribution < 1.29 is 0 Å². The van der Waals surface area contributed by atoms with Gasteiger partial charge in [0.2, 0.25) is 0 Å². The fourth-order valence-electron chi connectivity index (χ4n) is 2.29. The molecule has 0 fully saturated rings. The molecule has 1 N–H and O–H groups in total. The minimum Gasteiger partial charge on any atom is -0.369 e. The van der Waals surface area contributed by atoms with E-state index < -0.39 is 0 Å². The first-order chi connectivity index (χ1) is 10.2. The minimum absolute atomic E-state index is 0.790. The van der Waals surface area contributed by atoms with E-state index in [4.69, 9.17) is 9.97 Å². The zero-order valence-corrected chi connectivity index (χ0v) is 15.1. The van der Waals surface area contributed by atoms with Crippen LogP contribution >= 0.6 is 22.6 Å². The average Bonchev–Trinajstić information content (AvgIpc) is 2.47. The van der Waals surface area contributed by atoms with E-state index in [1.54, 1.807) is 0 Å². The van der Waals surface area contributed by atoms with Gasteiger partial charge < -0.3 is 5.32 Å². The van der Waals surface area contributed by atoms with Crippen LogP contribution in [0.3, 0.4) is 0 Å². The van der Waals surface area contributed by atoms with Crippen LogP contribution in [0.2, 0.25) is 0 Å². The lowest BCUT2D eigenvalue weighted by Crippen LogP contribution is -2.10. The Hall–Kier alpha value is -1.17. The quantitative estimate of drug-likeness (QED) is 0.739. The molecule has 0 saturated heterocycles. The highest BCUT2D eigenvalue weighted by atomic mass is 127. The molecule has 1 aromatic carbocycles. The Kier molecular flexibility index (Phi) is 5.96. The number of hydrogen-bond donors (Lipinski definition) is 1. The largest absolute Gasteiger partial charge is 0.369 e. The number of anilines is 1. The summed E-state index contributed by atoms with van der Waals surface area (Å²) in [6.07, 6.45) is 2.89. The fraction of sp³-hybridized carbons (Fsp3) is 0.412. The lowest BCUT2D eigenvalue weighted by molar-refractivity contribution is 0.832. The molecule has 0 unspecified atom stereocenters. The van der Waals surface area contributed by atoms with Gasteiger partial charge in [0.15, 0.2) is 0 Å². The SMILES string of the molecule is CCCc1nc(Cc2ccccc2C)nc(NCC)c1I. The van der Waals surface area contributed by atoms with Crippen molar-refractivity contribution in [2.24, 2.45) is 0 Å². The van der Waals surface area contributed by atoms with E-state index in [-0.39, 0.29) is 0 Å². The summed E-state index contributed by atoms with van der Waals surface area (Å²) in [5.74, 6) is 1.88. The third-order valence-electron chi connectivity index (χ3n) is 3.41. The molecule has 3 nitrogen and oxygen atoms in total. The molecule has 4 heteroatoms. The summed E-state index contributed by atoms with van der Waals surface area (Å²) < 4.78 is 1.16. The van der Waals surface area contributed by atoms with Crippen LogP contribution in [0.1, 0.15) is 42.9 Å². The molecule has 0 aliphatic heterocycles. The highest BCUT2D eigenvalue weighted by molar-refractivity contribution is 14.1. The number of nitrogens with one attached hydrogen (secondary N) is 1. The zero-order valence-electron chi connectivity index (χ0n) is 12.9. The third-order valence-corrected chi connectivity index (χ3v) is 4.54. The maximum atomic E-state index is 4.78. The topological polar surface area (TPSA) is 37.8 Å². The molecule has 0 atom stereocenters. The monoisotopic (exact) mass is 395 g/mol. The number of rotatable bonds is 6. The standard InChI is InChI=1S/C17H22IN3/c1-4-8-14-16(18)17(19-5-2)21-15(20-14)11-13-10-7-6-9-12(13)3/h6-7,9-10H,4-5,8,11H2,1-3H3,(H,19,20,21). The molecule has 0 radical (unpaired) electrons. The predicted octanol–water partition coefficient (Wildman–Crippen LogP) is 4.36. The van der Waals surface area contributed by atoms with E-state index in [1.807, 2.05) is 0 Å². The molecule has 2 aromatic rings. The smallest absolute Gasteiger partial charge is 0.143 e. The molecule has 21 heavy (non-hydrogen) atoms. The van der Waals surface area contributed by atoms with Crippen molar-refractivity contribution >= 4 is 28.4 Å². The van der Waals surface area contributed by atoms with Crippen molar-refractivity contribution in [1.29, 1.82) is 0 Å². The Morgan fingerprint density at radius 1 is 1.14 bits per heavy atom. The summed E-state index contributed by atoms with van der Waals surface area (Å²) in [6, 6.07) is 8.44. The van der Waals surface area contributed by atoms with Gasteiger partial charge in [-0.1, -0.05) is 37.6 Å². The van der Waals surface area contributed by atoms with Gasteiger partial charge in [-0.25, -0.2) is 9.97 Å². The summed E-state index contributed by atoms with van der Waals surface area (Å²) in [7, 11) is 0. The predicted molar refractivity (Wildman–Crippen MR) is 96.9 cm³/mol. The van der Waals surface area contributed by atoms with Gasteiger partial charge >= 0.3 is 0 Å². The van der Waals surface area contributed by atoms with Gasteiger partial charge in [-0.15, -0.1) is 0 Å². The molecular weight excluding hydrogens is 373 g/mol. The van der Waals surface area contributed by atoms with Gasteiger partial charge in [-0.2, -0.15) is 0 Å². The maximum absolute atomic E-state index is 4.78. The van der Waals surface area contributed by atoms with Gasteiger partial charge in [0.25, 0.3) is 0 Å².